The quantitative estimate of drug-likeness (QED) is 0.405. The van der Waals surface area contributed by atoms with Crippen LogP contribution in [0.1, 0.15) is 15.9 Å². The summed E-state index contributed by atoms with van der Waals surface area (Å²) < 4.78 is 10.6. The maximum Gasteiger partial charge on any atom is 0.264 e. The van der Waals surface area contributed by atoms with Crippen molar-refractivity contribution in [3.05, 3.63) is 70.7 Å². The van der Waals surface area contributed by atoms with Gasteiger partial charge in [-0.2, -0.15) is 4.80 Å². The molecule has 0 unspecified atom stereocenters. The maximum absolute atomic E-state index is 12.8. The molecule has 33 heavy (non-hydrogen) atoms. The second kappa shape index (κ2) is 9.43. The summed E-state index contributed by atoms with van der Waals surface area (Å²) in [7, 11) is 2.96. The number of methoxy groups -OCH3 is 2. The Bertz CT molecular complexity index is 1350. The molecule has 4 rings (SSSR count). The summed E-state index contributed by atoms with van der Waals surface area (Å²) >= 11 is 11.5. The smallest absolute Gasteiger partial charge is 0.264 e. The number of carbonyl (C=O) groups excluding carboxylic acids is 1. The monoisotopic (exact) mass is 481 g/mol. The highest BCUT2D eigenvalue weighted by atomic mass is 35.5. The van der Waals surface area contributed by atoms with Crippen LogP contribution in [0.2, 0.25) is 5.02 Å². The van der Waals surface area contributed by atoms with E-state index in [9.17, 15) is 4.79 Å². The van der Waals surface area contributed by atoms with Gasteiger partial charge < -0.3 is 14.8 Å². The van der Waals surface area contributed by atoms with E-state index in [-0.39, 0.29) is 10.7 Å². The predicted octanol–water partition coefficient (Wildman–Crippen LogP) is 4.53. The molecule has 0 saturated carbocycles. The molecule has 10 heteroatoms. The Morgan fingerprint density at radius 3 is 2.36 bits per heavy atom. The lowest BCUT2D eigenvalue weighted by Gasteiger charge is -2.14. The van der Waals surface area contributed by atoms with E-state index in [0.29, 0.717) is 33.2 Å². The Balaban J connectivity index is 1.51. The lowest BCUT2D eigenvalue weighted by atomic mass is 10.1. The van der Waals surface area contributed by atoms with Crippen LogP contribution in [0.15, 0.2) is 54.6 Å². The first-order chi connectivity index (χ1) is 15.9. The first kappa shape index (κ1) is 22.5. The average Bonchev–Trinajstić information content (AvgIpc) is 3.23. The molecule has 0 fully saturated rings. The van der Waals surface area contributed by atoms with Crippen LogP contribution in [0.25, 0.3) is 16.7 Å². The third kappa shape index (κ3) is 4.74. The van der Waals surface area contributed by atoms with E-state index in [2.05, 4.69) is 20.8 Å². The number of aryl methyl sites for hydroxylation is 1. The van der Waals surface area contributed by atoms with Gasteiger partial charge in [0.1, 0.15) is 28.1 Å². The topological polar surface area (TPSA) is 90.3 Å². The van der Waals surface area contributed by atoms with E-state index in [1.807, 2.05) is 31.2 Å². The largest absolute Gasteiger partial charge is 0.496 e. The Morgan fingerprint density at radius 2 is 1.70 bits per heavy atom. The van der Waals surface area contributed by atoms with Gasteiger partial charge in [0.25, 0.3) is 5.91 Å². The molecule has 8 nitrogen and oxygen atoms in total. The van der Waals surface area contributed by atoms with Crippen molar-refractivity contribution in [2.75, 3.05) is 19.5 Å². The molecular weight excluding hydrogens is 462 g/mol. The minimum atomic E-state index is -0.454. The van der Waals surface area contributed by atoms with Gasteiger partial charge in [-0.25, -0.2) is 0 Å². The molecule has 0 saturated heterocycles. The van der Waals surface area contributed by atoms with Crippen LogP contribution in [0.4, 0.5) is 5.69 Å². The summed E-state index contributed by atoms with van der Waals surface area (Å²) in [6.07, 6.45) is 0. The summed E-state index contributed by atoms with van der Waals surface area (Å²) in [6.45, 7) is 1.93. The number of rotatable bonds is 5. The van der Waals surface area contributed by atoms with Crippen molar-refractivity contribution in [2.45, 2.75) is 6.92 Å². The molecule has 4 aromatic rings. The van der Waals surface area contributed by atoms with Gasteiger partial charge in [0.2, 0.25) is 0 Å². The van der Waals surface area contributed by atoms with Gasteiger partial charge in [-0.1, -0.05) is 23.7 Å². The van der Waals surface area contributed by atoms with Crippen molar-refractivity contribution < 1.29 is 14.3 Å². The second-order valence-corrected chi connectivity index (χ2v) is 7.89. The molecule has 0 radical (unpaired) electrons. The molecule has 0 atom stereocenters. The van der Waals surface area contributed by atoms with E-state index >= 15 is 0 Å². The minimum Gasteiger partial charge on any atom is -0.496 e. The van der Waals surface area contributed by atoms with Gasteiger partial charge >= 0.3 is 0 Å². The number of fused-ring (bicyclic) bond motifs is 1. The van der Waals surface area contributed by atoms with Crippen LogP contribution in [0.3, 0.4) is 0 Å². The van der Waals surface area contributed by atoms with E-state index in [4.69, 9.17) is 33.3 Å². The van der Waals surface area contributed by atoms with Crippen molar-refractivity contribution in [2.24, 2.45) is 0 Å². The van der Waals surface area contributed by atoms with Crippen LogP contribution < -0.4 is 20.1 Å². The molecule has 1 amide bonds. The Labute approximate surface area is 200 Å². The average molecular weight is 482 g/mol. The van der Waals surface area contributed by atoms with Crippen LogP contribution >= 0.6 is 23.8 Å². The Morgan fingerprint density at radius 1 is 1.00 bits per heavy atom. The Kier molecular flexibility index (Phi) is 6.43. The van der Waals surface area contributed by atoms with Crippen molar-refractivity contribution in [3.8, 4) is 17.2 Å². The lowest BCUT2D eigenvalue weighted by molar-refractivity contribution is 0.0971. The van der Waals surface area contributed by atoms with Crippen molar-refractivity contribution >= 4 is 51.6 Å². The molecule has 0 spiro atoms. The zero-order valence-electron chi connectivity index (χ0n) is 18.0. The highest BCUT2D eigenvalue weighted by Crippen LogP contribution is 2.28. The Hall–Kier alpha value is -3.69. The van der Waals surface area contributed by atoms with Gasteiger partial charge in [0.15, 0.2) is 5.11 Å². The SMILES string of the molecule is COc1cccc(OC)c1C(=O)NC(=S)Nc1ccc2nn(-c3ccc(C)c(Cl)c3)nc2c1. The van der Waals surface area contributed by atoms with Crippen LogP contribution in [0.5, 0.6) is 11.5 Å². The van der Waals surface area contributed by atoms with Crippen molar-refractivity contribution in [1.82, 2.24) is 20.3 Å². The second-order valence-electron chi connectivity index (χ2n) is 7.07. The van der Waals surface area contributed by atoms with Gasteiger partial charge in [0.05, 0.1) is 19.9 Å². The van der Waals surface area contributed by atoms with E-state index in [1.165, 1.54) is 19.0 Å². The molecule has 1 aromatic heterocycles. The fourth-order valence-electron chi connectivity index (χ4n) is 3.22. The zero-order chi connectivity index (χ0) is 23.5. The number of carbonyl (C=O) groups is 1. The molecule has 0 aliphatic carbocycles. The standard InChI is InChI=1S/C23H20ClN5O3S/c1-13-7-9-15(12-16(13)24)29-27-17-10-8-14(11-18(17)28-29)25-23(33)26-22(30)21-19(31-2)5-4-6-20(21)32-3/h4-12H,1-3H3,(H2,25,26,30,33). The molecule has 2 N–H and O–H groups in total. The summed E-state index contributed by atoms with van der Waals surface area (Å²) in [5.74, 6) is 0.304. The highest BCUT2D eigenvalue weighted by Gasteiger charge is 2.19. The first-order valence-corrected chi connectivity index (χ1v) is 10.6. The fourth-order valence-corrected chi connectivity index (χ4v) is 3.60. The number of anilines is 1. The molecule has 0 aliphatic rings. The highest BCUT2D eigenvalue weighted by molar-refractivity contribution is 7.80. The van der Waals surface area contributed by atoms with Crippen LogP contribution in [-0.2, 0) is 0 Å². The third-order valence-corrected chi connectivity index (χ3v) is 5.52. The predicted molar refractivity (Wildman–Crippen MR) is 132 cm³/mol. The minimum absolute atomic E-state index is 0.116. The maximum atomic E-state index is 12.8. The summed E-state index contributed by atoms with van der Waals surface area (Å²) in [4.78, 5) is 14.3. The number of ether oxygens (including phenoxy) is 2. The van der Waals surface area contributed by atoms with Gasteiger partial charge in [-0.3, -0.25) is 10.1 Å². The van der Waals surface area contributed by atoms with Crippen molar-refractivity contribution in [1.29, 1.82) is 0 Å². The molecule has 0 bridgehead atoms. The number of benzene rings is 3. The zero-order valence-corrected chi connectivity index (χ0v) is 19.6. The molecular formula is C23H20ClN5O3S. The number of thiocarbonyl (C=S) groups is 1. The normalized spacial score (nSPS) is 10.7. The van der Waals surface area contributed by atoms with E-state index in [1.54, 1.807) is 30.3 Å². The van der Waals surface area contributed by atoms with Gasteiger partial charge in [0, 0.05) is 10.7 Å². The van der Waals surface area contributed by atoms with Gasteiger partial charge in [-0.15, -0.1) is 10.2 Å². The number of hydrogen-bond acceptors (Lipinski definition) is 6. The number of nitrogens with zero attached hydrogens (tertiary/aromatic N) is 3. The molecule has 0 aliphatic heterocycles. The fraction of sp³-hybridized carbons (Fsp3) is 0.130. The summed E-state index contributed by atoms with van der Waals surface area (Å²) in [5.41, 5.74) is 3.98. The molecule has 168 valence electrons. The van der Waals surface area contributed by atoms with E-state index in [0.717, 1.165) is 11.3 Å². The third-order valence-electron chi connectivity index (χ3n) is 4.91. The summed E-state index contributed by atoms with van der Waals surface area (Å²) in [6, 6.07) is 16.1. The number of hydrogen-bond donors (Lipinski definition) is 2. The number of aromatic nitrogens is 3. The molecule has 3 aromatic carbocycles. The molecule has 1 heterocycles. The number of halogens is 1. The lowest BCUT2D eigenvalue weighted by Crippen LogP contribution is -2.34. The number of amides is 1. The van der Waals surface area contributed by atoms with Crippen LogP contribution in [0, 0.1) is 6.92 Å². The first-order valence-electron chi connectivity index (χ1n) is 9.86. The van der Waals surface area contributed by atoms with Gasteiger partial charge in [-0.05, 0) is 67.2 Å². The summed E-state index contributed by atoms with van der Waals surface area (Å²) in [5, 5.41) is 15.4. The van der Waals surface area contributed by atoms with Crippen molar-refractivity contribution in [3.63, 3.8) is 0 Å². The number of nitrogens with one attached hydrogen (secondary N) is 2. The van der Waals surface area contributed by atoms with Crippen LogP contribution in [-0.4, -0.2) is 40.2 Å². The van der Waals surface area contributed by atoms with E-state index < -0.39 is 5.91 Å².